The van der Waals surface area contributed by atoms with Gasteiger partial charge < -0.3 is 9.47 Å². The average Bonchev–Trinajstić information content (AvgIpc) is 2.37. The van der Waals surface area contributed by atoms with Gasteiger partial charge in [-0.2, -0.15) is 0 Å². The Bertz CT molecular complexity index is 384. The van der Waals surface area contributed by atoms with Crippen molar-refractivity contribution in [2.24, 2.45) is 5.84 Å². The van der Waals surface area contributed by atoms with Gasteiger partial charge in [0.05, 0.1) is 35.9 Å². The third kappa shape index (κ3) is 2.91. The van der Waals surface area contributed by atoms with Gasteiger partial charge in [-0.15, -0.1) is 0 Å². The molecular formula is C11H14Cl2N2O2. The molecule has 2 rings (SSSR count). The first-order valence-electron chi connectivity index (χ1n) is 5.33. The van der Waals surface area contributed by atoms with Crippen molar-refractivity contribution in [3.05, 3.63) is 33.8 Å². The molecule has 0 bridgehead atoms. The highest BCUT2D eigenvalue weighted by Crippen LogP contribution is 2.32. The van der Waals surface area contributed by atoms with Crippen molar-refractivity contribution in [3.63, 3.8) is 0 Å². The van der Waals surface area contributed by atoms with E-state index in [-0.39, 0.29) is 12.1 Å². The van der Waals surface area contributed by atoms with Crippen molar-refractivity contribution < 1.29 is 9.47 Å². The Morgan fingerprint density at radius 2 is 2.18 bits per heavy atom. The van der Waals surface area contributed by atoms with Crippen LogP contribution in [0.1, 0.15) is 11.6 Å². The lowest BCUT2D eigenvalue weighted by Gasteiger charge is -2.30. The fraction of sp³-hybridized carbons (Fsp3) is 0.455. The Kier molecular flexibility index (Phi) is 4.62. The van der Waals surface area contributed by atoms with E-state index in [1.807, 2.05) is 12.1 Å². The first kappa shape index (κ1) is 13.1. The predicted octanol–water partition coefficient (Wildman–Crippen LogP) is 1.91. The van der Waals surface area contributed by atoms with Gasteiger partial charge in [-0.3, -0.25) is 11.3 Å². The summed E-state index contributed by atoms with van der Waals surface area (Å²) in [6.07, 6.45) is -0.162. The minimum absolute atomic E-state index is 0.162. The van der Waals surface area contributed by atoms with Crippen LogP contribution in [-0.4, -0.2) is 25.9 Å². The third-order valence-electron chi connectivity index (χ3n) is 2.71. The van der Waals surface area contributed by atoms with Crippen LogP contribution in [0.5, 0.6) is 0 Å². The number of halogens is 2. The van der Waals surface area contributed by atoms with Crippen LogP contribution in [-0.2, 0) is 9.47 Å². The Labute approximate surface area is 110 Å². The second kappa shape index (κ2) is 6.00. The van der Waals surface area contributed by atoms with Gasteiger partial charge in [0.2, 0.25) is 0 Å². The molecule has 2 unspecified atom stereocenters. The summed E-state index contributed by atoms with van der Waals surface area (Å²) in [4.78, 5) is 0. The van der Waals surface area contributed by atoms with Crippen LogP contribution in [0.4, 0.5) is 0 Å². The fourth-order valence-corrected chi connectivity index (χ4v) is 2.28. The average molecular weight is 277 g/mol. The zero-order valence-electron chi connectivity index (χ0n) is 9.16. The van der Waals surface area contributed by atoms with Crippen molar-refractivity contribution in [2.45, 2.75) is 12.1 Å². The molecule has 0 aliphatic carbocycles. The van der Waals surface area contributed by atoms with Crippen LogP contribution in [0.2, 0.25) is 10.0 Å². The van der Waals surface area contributed by atoms with Crippen LogP contribution in [0.3, 0.4) is 0 Å². The van der Waals surface area contributed by atoms with Gasteiger partial charge in [-0.25, -0.2) is 0 Å². The molecule has 1 heterocycles. The van der Waals surface area contributed by atoms with Crippen molar-refractivity contribution in [3.8, 4) is 0 Å². The van der Waals surface area contributed by atoms with Crippen LogP contribution >= 0.6 is 23.2 Å². The van der Waals surface area contributed by atoms with E-state index in [4.69, 9.17) is 38.5 Å². The first-order valence-corrected chi connectivity index (χ1v) is 6.09. The summed E-state index contributed by atoms with van der Waals surface area (Å²) in [5.74, 6) is 5.57. The van der Waals surface area contributed by atoms with E-state index < -0.39 is 0 Å². The molecule has 17 heavy (non-hydrogen) atoms. The summed E-state index contributed by atoms with van der Waals surface area (Å²) in [5.41, 5.74) is 3.52. The second-order valence-corrected chi connectivity index (χ2v) is 4.56. The number of hydrogen-bond acceptors (Lipinski definition) is 4. The van der Waals surface area contributed by atoms with E-state index in [1.54, 1.807) is 6.07 Å². The zero-order chi connectivity index (χ0) is 12.3. The highest BCUT2D eigenvalue weighted by Gasteiger charge is 2.27. The molecule has 1 saturated heterocycles. The molecule has 0 aromatic heterocycles. The molecule has 0 amide bonds. The highest BCUT2D eigenvalue weighted by atomic mass is 35.5. The molecule has 0 saturated carbocycles. The number of rotatable bonds is 3. The standard InChI is InChI=1S/C11H14Cl2N2O2/c12-8-3-1-2-7(10(8)13)11(15-14)9-6-16-4-5-17-9/h1-3,9,11,15H,4-6,14H2. The van der Waals surface area contributed by atoms with E-state index in [2.05, 4.69) is 5.43 Å². The molecule has 2 atom stereocenters. The predicted molar refractivity (Wildman–Crippen MR) is 67.1 cm³/mol. The topological polar surface area (TPSA) is 56.5 Å². The second-order valence-electron chi connectivity index (χ2n) is 3.77. The summed E-state index contributed by atoms with van der Waals surface area (Å²) in [6, 6.07) is 5.20. The monoisotopic (exact) mass is 276 g/mol. The summed E-state index contributed by atoms with van der Waals surface area (Å²) in [7, 11) is 0. The van der Waals surface area contributed by atoms with Crippen molar-refractivity contribution in [1.29, 1.82) is 0 Å². The van der Waals surface area contributed by atoms with E-state index in [1.165, 1.54) is 0 Å². The Balaban J connectivity index is 2.24. The smallest absolute Gasteiger partial charge is 0.102 e. The van der Waals surface area contributed by atoms with Crippen LogP contribution < -0.4 is 11.3 Å². The van der Waals surface area contributed by atoms with Gasteiger partial charge in [0.15, 0.2) is 0 Å². The molecule has 4 nitrogen and oxygen atoms in total. The Morgan fingerprint density at radius 3 is 2.82 bits per heavy atom. The highest BCUT2D eigenvalue weighted by molar-refractivity contribution is 6.42. The molecule has 94 valence electrons. The lowest BCUT2D eigenvalue weighted by atomic mass is 10.0. The fourth-order valence-electron chi connectivity index (χ4n) is 1.86. The van der Waals surface area contributed by atoms with E-state index >= 15 is 0 Å². The van der Waals surface area contributed by atoms with E-state index in [0.29, 0.717) is 29.9 Å². The van der Waals surface area contributed by atoms with Gasteiger partial charge in [-0.05, 0) is 11.6 Å². The number of ether oxygens (including phenoxy) is 2. The Hall–Kier alpha value is -0.360. The number of benzene rings is 1. The summed E-state index contributed by atoms with van der Waals surface area (Å²) in [6.45, 7) is 1.65. The van der Waals surface area contributed by atoms with Gasteiger partial charge in [0.1, 0.15) is 6.10 Å². The molecule has 1 aromatic carbocycles. The summed E-state index contributed by atoms with van der Waals surface area (Å²) >= 11 is 12.1. The molecule has 0 radical (unpaired) electrons. The quantitative estimate of drug-likeness (QED) is 0.654. The summed E-state index contributed by atoms with van der Waals surface area (Å²) < 4.78 is 11.0. The largest absolute Gasteiger partial charge is 0.376 e. The molecule has 1 fully saturated rings. The minimum Gasteiger partial charge on any atom is -0.376 e. The first-order chi connectivity index (χ1) is 8.24. The lowest BCUT2D eigenvalue weighted by molar-refractivity contribution is -0.102. The van der Waals surface area contributed by atoms with Crippen LogP contribution in [0, 0.1) is 0 Å². The number of nitrogens with one attached hydrogen (secondary N) is 1. The van der Waals surface area contributed by atoms with E-state index in [9.17, 15) is 0 Å². The Morgan fingerprint density at radius 1 is 1.35 bits per heavy atom. The van der Waals surface area contributed by atoms with Crippen LogP contribution in [0.25, 0.3) is 0 Å². The van der Waals surface area contributed by atoms with Crippen molar-refractivity contribution in [2.75, 3.05) is 19.8 Å². The normalized spacial score (nSPS) is 22.4. The summed E-state index contributed by atoms with van der Waals surface area (Å²) in [5, 5.41) is 0.993. The maximum Gasteiger partial charge on any atom is 0.102 e. The molecular weight excluding hydrogens is 263 g/mol. The number of nitrogens with two attached hydrogens (primary N) is 1. The third-order valence-corrected chi connectivity index (χ3v) is 3.54. The molecule has 1 aromatic rings. The molecule has 1 aliphatic rings. The number of hydrazine groups is 1. The van der Waals surface area contributed by atoms with Gasteiger partial charge in [0, 0.05) is 0 Å². The van der Waals surface area contributed by atoms with Gasteiger partial charge in [-0.1, -0.05) is 35.3 Å². The maximum atomic E-state index is 6.16. The maximum absolute atomic E-state index is 6.16. The van der Waals surface area contributed by atoms with Crippen LogP contribution in [0.15, 0.2) is 18.2 Å². The van der Waals surface area contributed by atoms with E-state index in [0.717, 1.165) is 5.56 Å². The van der Waals surface area contributed by atoms with Gasteiger partial charge >= 0.3 is 0 Å². The minimum atomic E-state index is -0.235. The molecule has 3 N–H and O–H groups in total. The molecule has 6 heteroatoms. The zero-order valence-corrected chi connectivity index (χ0v) is 10.7. The lowest BCUT2D eigenvalue weighted by Crippen LogP contribution is -2.43. The number of hydrogen-bond donors (Lipinski definition) is 2. The molecule has 1 aliphatic heterocycles. The molecule has 0 spiro atoms. The van der Waals surface area contributed by atoms with Crippen molar-refractivity contribution >= 4 is 23.2 Å². The SMILES string of the molecule is NNC(c1cccc(Cl)c1Cl)C1COCCO1. The van der Waals surface area contributed by atoms with Gasteiger partial charge in [0.25, 0.3) is 0 Å². The van der Waals surface area contributed by atoms with Crippen molar-refractivity contribution in [1.82, 2.24) is 5.43 Å².